The number of nitrogens with zero attached hydrogens (tertiary/aromatic N) is 5. The van der Waals surface area contributed by atoms with Crippen LogP contribution in [-0.2, 0) is 45.3 Å². The molecule has 0 spiro atoms. The molecule has 0 unspecified atom stereocenters. The Balaban J connectivity index is 0.000000211. The standard InChI is InChI=1S/C20H29N3O4S.C19H27N3O4S/c1-21-14-18(17-6-4-5-7-19(17)21)20(24)27-15-16-8-10-23(11-9-16)13-12-22(2)28(3,25)26;1-21-16-6-4-3-5-15(16)18(19(23)24)17(21)13-14-7-10-22(11-8-14)12-9-20-27(2,25)26/h4-7,14,16H,8-13,15H2,1-3H3;3-6,14,20H,7-13H2,1-2H3,(H,23,24). The van der Waals surface area contributed by atoms with Gasteiger partial charge in [0.15, 0.2) is 0 Å². The minimum Gasteiger partial charge on any atom is -0.478 e. The molecule has 0 aliphatic carbocycles. The zero-order valence-corrected chi connectivity index (χ0v) is 34.2. The number of nitrogens with one attached hydrogen (secondary N) is 1. The molecule has 0 radical (unpaired) electrons. The fourth-order valence-electron chi connectivity index (χ4n) is 7.60. The van der Waals surface area contributed by atoms with Gasteiger partial charge < -0.3 is 28.8 Å². The average molecular weight is 801 g/mol. The normalized spacial score (nSPS) is 16.8. The Labute approximate surface area is 325 Å². The van der Waals surface area contributed by atoms with Gasteiger partial charge in [0.2, 0.25) is 20.0 Å². The summed E-state index contributed by atoms with van der Waals surface area (Å²) in [5.74, 6) is -0.354. The van der Waals surface area contributed by atoms with Crippen molar-refractivity contribution in [3.8, 4) is 0 Å². The number of carboxylic acids is 1. The molecule has 302 valence electrons. The maximum atomic E-state index is 12.5. The van der Waals surface area contributed by atoms with Crippen LogP contribution in [0, 0.1) is 11.8 Å². The van der Waals surface area contributed by atoms with Gasteiger partial charge in [-0.25, -0.2) is 35.5 Å². The van der Waals surface area contributed by atoms with Gasteiger partial charge in [0.25, 0.3) is 0 Å². The number of rotatable bonds is 14. The van der Waals surface area contributed by atoms with E-state index in [-0.39, 0.29) is 5.97 Å². The number of sulfonamides is 2. The second kappa shape index (κ2) is 18.4. The molecule has 4 aromatic rings. The van der Waals surface area contributed by atoms with Crippen molar-refractivity contribution in [1.29, 1.82) is 0 Å². The second-order valence-corrected chi connectivity index (χ2v) is 18.9. The first-order valence-corrected chi connectivity index (χ1v) is 22.6. The number of benzene rings is 2. The number of carbonyl (C=O) groups excluding carboxylic acids is 1. The van der Waals surface area contributed by atoms with Crippen LogP contribution in [0.5, 0.6) is 0 Å². The zero-order chi connectivity index (χ0) is 39.9. The molecular weight excluding hydrogens is 745 g/mol. The van der Waals surface area contributed by atoms with E-state index < -0.39 is 26.0 Å². The molecule has 0 atom stereocenters. The Morgan fingerprint density at radius 3 is 2.00 bits per heavy atom. The number of aromatic carboxylic acids is 1. The molecule has 2 fully saturated rings. The van der Waals surface area contributed by atoms with Crippen LogP contribution in [0.2, 0.25) is 0 Å². The number of aromatic nitrogens is 2. The summed E-state index contributed by atoms with van der Waals surface area (Å²) in [5, 5.41) is 11.4. The fourth-order valence-corrected chi connectivity index (χ4v) is 8.48. The first kappa shape index (κ1) is 42.3. The number of likely N-dealkylation sites (N-methyl/N-ethyl adjacent to an activating group) is 1. The fraction of sp³-hybridized carbons (Fsp3) is 0.538. The molecule has 2 saturated heterocycles. The molecule has 6 rings (SSSR count). The summed E-state index contributed by atoms with van der Waals surface area (Å²) in [6, 6.07) is 15.5. The van der Waals surface area contributed by atoms with Crippen molar-refractivity contribution in [2.45, 2.75) is 32.1 Å². The lowest BCUT2D eigenvalue weighted by Gasteiger charge is -2.32. The number of esters is 1. The largest absolute Gasteiger partial charge is 0.478 e. The highest BCUT2D eigenvalue weighted by molar-refractivity contribution is 7.88. The van der Waals surface area contributed by atoms with E-state index in [1.165, 1.54) is 16.8 Å². The van der Waals surface area contributed by atoms with E-state index in [4.69, 9.17) is 4.74 Å². The Hall–Kier alpha value is -3.80. The third-order valence-electron chi connectivity index (χ3n) is 11.0. The van der Waals surface area contributed by atoms with Crippen molar-refractivity contribution >= 4 is 53.8 Å². The molecule has 4 heterocycles. The van der Waals surface area contributed by atoms with Crippen LogP contribution in [-0.4, -0.2) is 136 Å². The number of hydrogen-bond donors (Lipinski definition) is 2. The highest BCUT2D eigenvalue weighted by Crippen LogP contribution is 2.30. The molecule has 55 heavy (non-hydrogen) atoms. The SMILES string of the molecule is CN(CCN1CCC(COC(=O)c2cn(C)c3ccccc23)CC1)S(C)(=O)=O.Cn1c(CC2CCN(CCNS(C)(=O)=O)CC2)c(C(=O)O)c2ccccc21. The predicted octanol–water partition coefficient (Wildman–Crippen LogP) is 3.62. The van der Waals surface area contributed by atoms with Gasteiger partial charge in [-0.1, -0.05) is 36.4 Å². The Bertz CT molecular complexity index is 2170. The first-order valence-electron chi connectivity index (χ1n) is 18.8. The number of aryl methyl sites for hydroxylation is 2. The number of fused-ring (bicyclic) bond motifs is 2. The quantitative estimate of drug-likeness (QED) is 0.180. The lowest BCUT2D eigenvalue weighted by molar-refractivity contribution is 0.0373. The van der Waals surface area contributed by atoms with Gasteiger partial charge in [-0.2, -0.15) is 0 Å². The molecule has 14 nitrogen and oxygen atoms in total. The molecule has 2 aromatic heterocycles. The molecule has 2 N–H and O–H groups in total. The van der Waals surface area contributed by atoms with Crippen LogP contribution in [0.4, 0.5) is 0 Å². The first-order chi connectivity index (χ1) is 26.0. The highest BCUT2D eigenvalue weighted by atomic mass is 32.2. The summed E-state index contributed by atoms with van der Waals surface area (Å²) in [6.45, 7) is 6.39. The van der Waals surface area contributed by atoms with E-state index in [9.17, 15) is 31.5 Å². The molecule has 2 aliphatic rings. The number of para-hydroxylation sites is 2. The topological polar surface area (TPSA) is 163 Å². The summed E-state index contributed by atoms with van der Waals surface area (Å²) < 4.78 is 58.7. The van der Waals surface area contributed by atoms with E-state index in [1.807, 2.05) is 78.0 Å². The number of ether oxygens (including phenoxy) is 1. The van der Waals surface area contributed by atoms with Crippen molar-refractivity contribution in [1.82, 2.24) is 28.0 Å². The minimum absolute atomic E-state index is 0.269. The third-order valence-corrected chi connectivity index (χ3v) is 13.0. The van der Waals surface area contributed by atoms with Gasteiger partial charge in [0, 0.05) is 81.0 Å². The van der Waals surface area contributed by atoms with Crippen molar-refractivity contribution in [3.05, 3.63) is 71.5 Å². The maximum Gasteiger partial charge on any atom is 0.340 e. The van der Waals surface area contributed by atoms with Crippen LogP contribution < -0.4 is 4.72 Å². The summed E-state index contributed by atoms with van der Waals surface area (Å²) in [6.07, 6.45) is 8.85. The van der Waals surface area contributed by atoms with E-state index in [0.717, 1.165) is 92.3 Å². The van der Waals surface area contributed by atoms with Gasteiger partial charge in [-0.05, 0) is 82.3 Å². The molecular formula is C39H56N6O8S2. The molecule has 2 aromatic carbocycles. The number of likely N-dealkylation sites (tertiary alicyclic amines) is 2. The molecule has 16 heteroatoms. The van der Waals surface area contributed by atoms with Gasteiger partial charge in [-0.3, -0.25) is 0 Å². The van der Waals surface area contributed by atoms with Crippen molar-refractivity contribution < 1.29 is 36.3 Å². The Morgan fingerprint density at radius 1 is 0.836 bits per heavy atom. The number of piperidine rings is 2. The monoisotopic (exact) mass is 800 g/mol. The maximum absolute atomic E-state index is 12.5. The summed E-state index contributed by atoms with van der Waals surface area (Å²) in [7, 11) is -0.794. The number of hydrogen-bond acceptors (Lipinski definition) is 9. The Morgan fingerprint density at radius 2 is 1.40 bits per heavy atom. The van der Waals surface area contributed by atoms with Crippen molar-refractivity contribution in [3.63, 3.8) is 0 Å². The summed E-state index contributed by atoms with van der Waals surface area (Å²) >= 11 is 0. The van der Waals surface area contributed by atoms with Crippen LogP contribution in [0.3, 0.4) is 0 Å². The highest BCUT2D eigenvalue weighted by Gasteiger charge is 2.26. The Kier molecular flexibility index (Phi) is 14.2. The van der Waals surface area contributed by atoms with Crippen LogP contribution in [0.1, 0.15) is 52.1 Å². The average Bonchev–Trinajstić information content (AvgIpc) is 3.63. The predicted molar refractivity (Wildman–Crippen MR) is 215 cm³/mol. The number of carbonyl (C=O) groups is 2. The zero-order valence-electron chi connectivity index (χ0n) is 32.6. The summed E-state index contributed by atoms with van der Waals surface area (Å²) in [5.41, 5.74) is 3.89. The summed E-state index contributed by atoms with van der Waals surface area (Å²) in [4.78, 5) is 28.9. The van der Waals surface area contributed by atoms with E-state index in [1.54, 1.807) is 7.05 Å². The lowest BCUT2D eigenvalue weighted by atomic mass is 9.90. The lowest BCUT2D eigenvalue weighted by Crippen LogP contribution is -2.40. The van der Waals surface area contributed by atoms with Gasteiger partial charge >= 0.3 is 11.9 Å². The molecule has 0 bridgehead atoms. The molecule has 0 amide bonds. The molecule has 0 saturated carbocycles. The third kappa shape index (κ3) is 11.4. The van der Waals surface area contributed by atoms with Gasteiger partial charge in [0.1, 0.15) is 0 Å². The van der Waals surface area contributed by atoms with E-state index in [0.29, 0.717) is 49.2 Å². The van der Waals surface area contributed by atoms with E-state index >= 15 is 0 Å². The van der Waals surface area contributed by atoms with Crippen LogP contribution in [0.25, 0.3) is 21.8 Å². The van der Waals surface area contributed by atoms with Crippen LogP contribution in [0.15, 0.2) is 54.7 Å². The van der Waals surface area contributed by atoms with Crippen LogP contribution >= 0.6 is 0 Å². The minimum atomic E-state index is -3.14. The smallest absolute Gasteiger partial charge is 0.340 e. The second-order valence-electron chi connectivity index (χ2n) is 15.0. The van der Waals surface area contributed by atoms with Crippen molar-refractivity contribution in [2.24, 2.45) is 25.9 Å². The number of carboxylic acid groups (broad SMARTS) is 1. The van der Waals surface area contributed by atoms with Crippen molar-refractivity contribution in [2.75, 3.05) is 78.5 Å². The molecule has 2 aliphatic heterocycles. The van der Waals surface area contributed by atoms with Gasteiger partial charge in [-0.15, -0.1) is 0 Å². The van der Waals surface area contributed by atoms with Gasteiger partial charge in [0.05, 0.1) is 30.2 Å². The van der Waals surface area contributed by atoms with E-state index in [2.05, 4.69) is 14.5 Å².